The topological polar surface area (TPSA) is 97.2 Å². The van der Waals surface area contributed by atoms with E-state index in [-0.39, 0.29) is 12.1 Å². The highest BCUT2D eigenvalue weighted by Crippen LogP contribution is 2.34. The molecule has 2 amide bonds. The van der Waals surface area contributed by atoms with E-state index in [0.29, 0.717) is 11.9 Å². The van der Waals surface area contributed by atoms with Crippen molar-refractivity contribution in [1.82, 2.24) is 25.1 Å². The van der Waals surface area contributed by atoms with E-state index in [9.17, 15) is 4.79 Å². The molecule has 180 valence electrons. The van der Waals surface area contributed by atoms with Crippen molar-refractivity contribution in [2.45, 2.75) is 57.1 Å². The molecule has 1 atom stereocenters. The molecule has 0 spiro atoms. The molecule has 9 heteroatoms. The van der Waals surface area contributed by atoms with Gasteiger partial charge in [-0.25, -0.2) is 19.4 Å². The molecule has 2 N–H and O–H groups in total. The first kappa shape index (κ1) is 22.6. The van der Waals surface area contributed by atoms with Crippen LogP contribution in [0.1, 0.15) is 51.0 Å². The van der Waals surface area contributed by atoms with Gasteiger partial charge in [-0.1, -0.05) is 19.3 Å². The number of aromatic nitrogens is 4. The van der Waals surface area contributed by atoms with E-state index in [4.69, 9.17) is 19.8 Å². The number of methoxy groups -OCH3 is 1. The van der Waals surface area contributed by atoms with Crippen LogP contribution in [0.4, 0.5) is 16.3 Å². The van der Waals surface area contributed by atoms with Gasteiger partial charge >= 0.3 is 6.03 Å². The van der Waals surface area contributed by atoms with Crippen molar-refractivity contribution in [2.24, 2.45) is 0 Å². The summed E-state index contributed by atoms with van der Waals surface area (Å²) in [5.41, 5.74) is 2.52. The number of nitrogens with zero attached hydrogens (tertiary/aromatic N) is 5. The van der Waals surface area contributed by atoms with Gasteiger partial charge in [-0.3, -0.25) is 0 Å². The van der Waals surface area contributed by atoms with Crippen molar-refractivity contribution in [3.63, 3.8) is 0 Å². The average Bonchev–Trinajstić information content (AvgIpc) is 3.33. The van der Waals surface area contributed by atoms with Gasteiger partial charge in [0.1, 0.15) is 5.82 Å². The van der Waals surface area contributed by atoms with Gasteiger partial charge in [0.2, 0.25) is 0 Å². The summed E-state index contributed by atoms with van der Waals surface area (Å²) >= 11 is 0. The molecule has 9 nitrogen and oxygen atoms in total. The number of nitrogens with one attached hydrogen (secondary N) is 2. The molecule has 1 saturated carbocycles. The highest BCUT2D eigenvalue weighted by molar-refractivity contribution is 5.90. The number of carbonyl (C=O) groups excluding carboxylic acids is 1. The summed E-state index contributed by atoms with van der Waals surface area (Å²) in [5.74, 6) is 1.60. The maximum Gasteiger partial charge on any atom is 0.318 e. The number of anilines is 2. The van der Waals surface area contributed by atoms with Crippen LogP contribution in [0.5, 0.6) is 0 Å². The number of hydrogen-bond donors (Lipinski definition) is 2. The summed E-state index contributed by atoms with van der Waals surface area (Å²) in [6.07, 6.45) is 10.3. The first-order valence-electron chi connectivity index (χ1n) is 12.3. The molecule has 0 bridgehead atoms. The minimum absolute atomic E-state index is 0.200. The lowest BCUT2D eigenvalue weighted by molar-refractivity contribution is 0.0892. The Kier molecular flexibility index (Phi) is 6.62. The Hall–Kier alpha value is -3.20. The quantitative estimate of drug-likeness (QED) is 0.583. The van der Waals surface area contributed by atoms with Crippen LogP contribution in [-0.2, 0) is 4.74 Å². The van der Waals surface area contributed by atoms with Gasteiger partial charge in [0.15, 0.2) is 11.5 Å². The van der Waals surface area contributed by atoms with Crippen LogP contribution in [0.15, 0.2) is 30.5 Å². The summed E-state index contributed by atoms with van der Waals surface area (Å²) in [4.78, 5) is 24.0. The van der Waals surface area contributed by atoms with Crippen molar-refractivity contribution in [3.05, 3.63) is 30.5 Å². The number of piperidine rings is 1. The number of benzene rings is 1. The lowest BCUT2D eigenvalue weighted by Gasteiger charge is -2.33. The molecule has 3 aromatic rings. The van der Waals surface area contributed by atoms with Gasteiger partial charge in [0.05, 0.1) is 23.7 Å². The lowest BCUT2D eigenvalue weighted by Crippen LogP contribution is -2.39. The minimum Gasteiger partial charge on any atom is -0.380 e. The molecular formula is C25H33N7O2. The van der Waals surface area contributed by atoms with E-state index in [1.807, 2.05) is 30.5 Å². The molecule has 1 aromatic carbocycles. The van der Waals surface area contributed by atoms with Crippen LogP contribution in [0.25, 0.3) is 22.4 Å². The van der Waals surface area contributed by atoms with Crippen LogP contribution >= 0.6 is 0 Å². The smallest absolute Gasteiger partial charge is 0.318 e. The number of ether oxygens (including phenoxy) is 1. The largest absolute Gasteiger partial charge is 0.380 e. The fourth-order valence-electron chi connectivity index (χ4n) is 5.09. The Morgan fingerprint density at radius 1 is 1.06 bits per heavy atom. The normalized spacial score (nSPS) is 19.4. The van der Waals surface area contributed by atoms with Crippen LogP contribution in [0, 0.1) is 0 Å². The number of fused-ring (bicyclic) bond motifs is 1. The number of urea groups is 1. The number of amides is 2. The lowest BCUT2D eigenvalue weighted by atomic mass is 9.96. The van der Waals surface area contributed by atoms with E-state index >= 15 is 0 Å². The zero-order valence-electron chi connectivity index (χ0n) is 20.0. The molecule has 1 saturated heterocycles. The zero-order valence-corrected chi connectivity index (χ0v) is 20.0. The average molecular weight is 464 g/mol. The van der Waals surface area contributed by atoms with Crippen LogP contribution in [-0.4, -0.2) is 59.1 Å². The predicted molar refractivity (Wildman–Crippen MR) is 133 cm³/mol. The first-order valence-corrected chi connectivity index (χ1v) is 12.3. The highest BCUT2D eigenvalue weighted by Gasteiger charge is 2.26. The van der Waals surface area contributed by atoms with E-state index < -0.39 is 0 Å². The fourth-order valence-corrected chi connectivity index (χ4v) is 5.09. The molecule has 1 aliphatic carbocycles. The Bertz CT molecular complexity index is 1140. The van der Waals surface area contributed by atoms with Crippen LogP contribution < -0.4 is 15.5 Å². The van der Waals surface area contributed by atoms with Gasteiger partial charge in [-0.05, 0) is 49.9 Å². The second-order valence-electron chi connectivity index (χ2n) is 9.22. The second kappa shape index (κ2) is 9.97. The SMILES string of the molecule is CNC(=O)Nc1ccc(-c2nc(N3CCCC(OC)C3)c3cnn(C4CCCCC4)c3n2)cc1. The van der Waals surface area contributed by atoms with Crippen molar-refractivity contribution < 1.29 is 9.53 Å². The van der Waals surface area contributed by atoms with Crippen LogP contribution in [0.3, 0.4) is 0 Å². The first-order chi connectivity index (χ1) is 16.7. The van der Waals surface area contributed by atoms with E-state index in [1.165, 1.54) is 19.3 Å². The summed E-state index contributed by atoms with van der Waals surface area (Å²) in [7, 11) is 3.38. The summed E-state index contributed by atoms with van der Waals surface area (Å²) in [6, 6.07) is 7.78. The van der Waals surface area contributed by atoms with Crippen molar-refractivity contribution in [2.75, 3.05) is 37.5 Å². The van der Waals surface area contributed by atoms with E-state index in [0.717, 1.165) is 66.9 Å². The Balaban J connectivity index is 1.56. The molecular weight excluding hydrogens is 430 g/mol. The Morgan fingerprint density at radius 3 is 2.59 bits per heavy atom. The van der Waals surface area contributed by atoms with E-state index in [2.05, 4.69) is 20.2 Å². The van der Waals surface area contributed by atoms with Crippen LogP contribution in [0.2, 0.25) is 0 Å². The van der Waals surface area contributed by atoms with Gasteiger partial charge in [0, 0.05) is 38.5 Å². The molecule has 5 rings (SSSR count). The maximum atomic E-state index is 11.6. The molecule has 2 fully saturated rings. The Morgan fingerprint density at radius 2 is 1.85 bits per heavy atom. The van der Waals surface area contributed by atoms with E-state index in [1.54, 1.807) is 14.2 Å². The number of rotatable bonds is 5. The van der Waals surface area contributed by atoms with Gasteiger partial charge in [-0.15, -0.1) is 0 Å². The monoisotopic (exact) mass is 463 g/mol. The summed E-state index contributed by atoms with van der Waals surface area (Å²) in [5, 5.41) is 11.2. The van der Waals surface area contributed by atoms with Crippen molar-refractivity contribution in [1.29, 1.82) is 0 Å². The molecule has 34 heavy (non-hydrogen) atoms. The summed E-state index contributed by atoms with van der Waals surface area (Å²) < 4.78 is 7.81. The van der Waals surface area contributed by atoms with Crippen molar-refractivity contribution in [3.8, 4) is 11.4 Å². The molecule has 2 aromatic heterocycles. The third kappa shape index (κ3) is 4.57. The molecule has 1 unspecified atom stereocenters. The number of hydrogen-bond acceptors (Lipinski definition) is 6. The van der Waals surface area contributed by atoms with Gasteiger partial charge in [-0.2, -0.15) is 5.10 Å². The van der Waals surface area contributed by atoms with Gasteiger partial charge in [0.25, 0.3) is 0 Å². The zero-order chi connectivity index (χ0) is 23.5. The fraction of sp³-hybridized carbons (Fsp3) is 0.520. The third-order valence-corrected chi connectivity index (χ3v) is 6.99. The van der Waals surface area contributed by atoms with Gasteiger partial charge < -0.3 is 20.3 Å². The maximum absolute atomic E-state index is 11.6. The molecule has 3 heterocycles. The predicted octanol–water partition coefficient (Wildman–Crippen LogP) is 4.37. The Labute approximate surface area is 199 Å². The minimum atomic E-state index is -0.248. The number of carbonyl (C=O) groups is 1. The molecule has 2 aliphatic rings. The second-order valence-corrected chi connectivity index (χ2v) is 9.22. The highest BCUT2D eigenvalue weighted by atomic mass is 16.5. The molecule has 1 aliphatic heterocycles. The molecule has 0 radical (unpaired) electrons. The standard InChI is InChI=1S/C25H33N7O2/c1-26-25(33)28-18-12-10-17(11-13-18)22-29-23(31-14-6-9-20(16-31)34-2)21-15-27-32(24(21)30-22)19-7-4-3-5-8-19/h10-13,15,19-20H,3-9,14,16H2,1-2H3,(H2,26,28,33). The van der Waals surface area contributed by atoms with Crippen molar-refractivity contribution >= 4 is 28.6 Å². The summed E-state index contributed by atoms with van der Waals surface area (Å²) in [6.45, 7) is 1.75. The third-order valence-electron chi connectivity index (χ3n) is 6.99.